The molecule has 3 aromatic rings. The van der Waals surface area contributed by atoms with Gasteiger partial charge in [-0.05, 0) is 56.3 Å². The number of hydrogen-bond acceptors (Lipinski definition) is 4. The largest absolute Gasteiger partial charge is 0.497 e. The molecule has 0 aliphatic heterocycles. The zero-order valence-corrected chi connectivity index (χ0v) is 16.6. The Hall–Kier alpha value is -2.50. The number of aromatic nitrogens is 2. The molecule has 0 atom stereocenters. The van der Waals surface area contributed by atoms with Gasteiger partial charge in [-0.25, -0.2) is 9.48 Å². The molecular formula is C20H18Cl2N2O3. The molecule has 1 aromatic heterocycles. The van der Waals surface area contributed by atoms with Gasteiger partial charge in [0.2, 0.25) is 0 Å². The zero-order valence-electron chi connectivity index (χ0n) is 15.1. The van der Waals surface area contributed by atoms with Crippen LogP contribution in [0.2, 0.25) is 10.0 Å². The predicted octanol–water partition coefficient (Wildman–Crippen LogP) is 5.34. The van der Waals surface area contributed by atoms with Crippen molar-refractivity contribution in [3.8, 4) is 22.7 Å². The lowest BCUT2D eigenvalue weighted by Gasteiger charge is -2.11. The van der Waals surface area contributed by atoms with Gasteiger partial charge in [0.15, 0.2) is 5.69 Å². The van der Waals surface area contributed by atoms with Crippen molar-refractivity contribution in [2.75, 3.05) is 13.7 Å². The minimum absolute atomic E-state index is 0.244. The molecule has 0 N–H and O–H groups in total. The van der Waals surface area contributed by atoms with Crippen molar-refractivity contribution in [3.63, 3.8) is 0 Å². The zero-order chi connectivity index (χ0) is 19.6. The minimum atomic E-state index is -0.478. The van der Waals surface area contributed by atoms with Crippen LogP contribution in [-0.2, 0) is 4.74 Å². The van der Waals surface area contributed by atoms with E-state index in [0.29, 0.717) is 21.3 Å². The van der Waals surface area contributed by atoms with Gasteiger partial charge in [0.05, 0.1) is 30.1 Å². The van der Waals surface area contributed by atoms with Crippen molar-refractivity contribution in [1.29, 1.82) is 0 Å². The van der Waals surface area contributed by atoms with E-state index >= 15 is 0 Å². The Labute approximate surface area is 167 Å². The van der Waals surface area contributed by atoms with E-state index < -0.39 is 5.97 Å². The number of carbonyl (C=O) groups excluding carboxylic acids is 1. The summed E-state index contributed by atoms with van der Waals surface area (Å²) >= 11 is 12.4. The van der Waals surface area contributed by atoms with Gasteiger partial charge in [-0.2, -0.15) is 5.10 Å². The maximum atomic E-state index is 12.4. The van der Waals surface area contributed by atoms with Gasteiger partial charge in [-0.1, -0.05) is 23.2 Å². The molecule has 7 heteroatoms. The number of rotatable bonds is 5. The van der Waals surface area contributed by atoms with Gasteiger partial charge in [0.25, 0.3) is 0 Å². The lowest BCUT2D eigenvalue weighted by Crippen LogP contribution is -2.08. The van der Waals surface area contributed by atoms with Crippen molar-refractivity contribution in [2.24, 2.45) is 0 Å². The molecule has 0 spiro atoms. The summed E-state index contributed by atoms with van der Waals surface area (Å²) in [5.41, 5.74) is 3.16. The summed E-state index contributed by atoms with van der Waals surface area (Å²) in [5, 5.41) is 5.44. The second kappa shape index (κ2) is 8.03. The standard InChI is InChI=1S/C20H18Cl2N2O3/c1-4-27-20(25)18-12(2)19(13-5-8-15(26-3)9-6-13)24(23-18)17-10-7-14(21)11-16(17)22/h5-11H,4H2,1-3H3. The summed E-state index contributed by atoms with van der Waals surface area (Å²) < 4.78 is 12.0. The van der Waals surface area contributed by atoms with Crippen LogP contribution in [0, 0.1) is 6.92 Å². The average molecular weight is 405 g/mol. The van der Waals surface area contributed by atoms with Gasteiger partial charge in [0, 0.05) is 16.1 Å². The monoisotopic (exact) mass is 404 g/mol. The first-order valence-corrected chi connectivity index (χ1v) is 9.08. The van der Waals surface area contributed by atoms with E-state index in [1.54, 1.807) is 36.9 Å². The van der Waals surface area contributed by atoms with Gasteiger partial charge in [0.1, 0.15) is 5.75 Å². The summed E-state index contributed by atoms with van der Waals surface area (Å²) in [5.74, 6) is 0.256. The molecule has 0 saturated heterocycles. The molecule has 0 fully saturated rings. The Bertz CT molecular complexity index is 982. The number of halogens is 2. The Morgan fingerprint density at radius 1 is 1.15 bits per heavy atom. The fraction of sp³-hybridized carbons (Fsp3) is 0.200. The molecule has 3 rings (SSSR count). The van der Waals surface area contributed by atoms with Crippen molar-refractivity contribution in [2.45, 2.75) is 13.8 Å². The second-order valence-electron chi connectivity index (χ2n) is 5.78. The smallest absolute Gasteiger partial charge is 0.359 e. The summed E-state index contributed by atoms with van der Waals surface area (Å²) in [4.78, 5) is 12.4. The van der Waals surface area contributed by atoms with E-state index in [-0.39, 0.29) is 12.3 Å². The summed E-state index contributed by atoms with van der Waals surface area (Å²) in [6.07, 6.45) is 0. The molecule has 0 bridgehead atoms. The van der Waals surface area contributed by atoms with E-state index in [4.69, 9.17) is 32.7 Å². The highest BCUT2D eigenvalue weighted by Crippen LogP contribution is 2.33. The number of nitrogens with zero attached hydrogens (tertiary/aromatic N) is 2. The highest BCUT2D eigenvalue weighted by molar-refractivity contribution is 6.35. The van der Waals surface area contributed by atoms with Crippen LogP contribution in [-0.4, -0.2) is 29.5 Å². The first-order valence-electron chi connectivity index (χ1n) is 8.32. The first kappa shape index (κ1) is 19.3. The van der Waals surface area contributed by atoms with Crippen LogP contribution in [0.15, 0.2) is 42.5 Å². The topological polar surface area (TPSA) is 53.3 Å². The van der Waals surface area contributed by atoms with E-state index in [1.807, 2.05) is 31.2 Å². The Kier molecular flexibility index (Phi) is 5.73. The third-order valence-corrected chi connectivity index (χ3v) is 4.63. The Morgan fingerprint density at radius 3 is 2.44 bits per heavy atom. The summed E-state index contributed by atoms with van der Waals surface area (Å²) in [6, 6.07) is 12.6. The highest BCUT2D eigenvalue weighted by Gasteiger charge is 2.24. The molecule has 140 valence electrons. The number of hydrogen-bond donors (Lipinski definition) is 0. The number of carbonyl (C=O) groups is 1. The maximum absolute atomic E-state index is 12.4. The predicted molar refractivity (Wildman–Crippen MR) is 106 cm³/mol. The minimum Gasteiger partial charge on any atom is -0.497 e. The van der Waals surface area contributed by atoms with Gasteiger partial charge in [-0.15, -0.1) is 0 Å². The summed E-state index contributed by atoms with van der Waals surface area (Å²) in [7, 11) is 1.61. The van der Waals surface area contributed by atoms with E-state index in [1.165, 1.54) is 0 Å². The maximum Gasteiger partial charge on any atom is 0.359 e. The van der Waals surface area contributed by atoms with E-state index in [0.717, 1.165) is 17.0 Å². The highest BCUT2D eigenvalue weighted by atomic mass is 35.5. The molecular weight excluding hydrogens is 387 g/mol. The lowest BCUT2D eigenvalue weighted by molar-refractivity contribution is 0.0518. The lowest BCUT2D eigenvalue weighted by atomic mass is 10.1. The Balaban J connectivity index is 2.23. The molecule has 5 nitrogen and oxygen atoms in total. The first-order chi connectivity index (χ1) is 13.0. The van der Waals surface area contributed by atoms with Crippen LogP contribution in [0.5, 0.6) is 5.75 Å². The number of esters is 1. The molecule has 0 amide bonds. The van der Waals surface area contributed by atoms with Crippen LogP contribution in [0.4, 0.5) is 0 Å². The van der Waals surface area contributed by atoms with Crippen LogP contribution in [0.1, 0.15) is 23.0 Å². The van der Waals surface area contributed by atoms with E-state index in [2.05, 4.69) is 5.10 Å². The van der Waals surface area contributed by atoms with Crippen molar-refractivity contribution in [3.05, 3.63) is 63.8 Å². The van der Waals surface area contributed by atoms with Crippen LogP contribution in [0.3, 0.4) is 0 Å². The number of methoxy groups -OCH3 is 1. The van der Waals surface area contributed by atoms with Gasteiger partial charge < -0.3 is 9.47 Å². The molecule has 0 unspecified atom stereocenters. The second-order valence-corrected chi connectivity index (χ2v) is 6.62. The third-order valence-electron chi connectivity index (χ3n) is 4.09. The number of benzene rings is 2. The van der Waals surface area contributed by atoms with Crippen molar-refractivity contribution in [1.82, 2.24) is 9.78 Å². The molecule has 0 aliphatic rings. The molecule has 27 heavy (non-hydrogen) atoms. The van der Waals surface area contributed by atoms with E-state index in [9.17, 15) is 4.79 Å². The summed E-state index contributed by atoms with van der Waals surface area (Å²) in [6.45, 7) is 3.86. The normalized spacial score (nSPS) is 10.7. The molecule has 0 aliphatic carbocycles. The van der Waals surface area contributed by atoms with Crippen molar-refractivity contribution < 1.29 is 14.3 Å². The van der Waals surface area contributed by atoms with Gasteiger partial charge >= 0.3 is 5.97 Å². The van der Waals surface area contributed by atoms with Crippen LogP contribution >= 0.6 is 23.2 Å². The molecule has 1 heterocycles. The van der Waals surface area contributed by atoms with Crippen molar-refractivity contribution >= 4 is 29.2 Å². The molecule has 0 radical (unpaired) electrons. The number of ether oxygens (including phenoxy) is 2. The Morgan fingerprint density at radius 2 is 1.85 bits per heavy atom. The van der Waals surface area contributed by atoms with Crippen LogP contribution < -0.4 is 4.74 Å². The molecule has 2 aromatic carbocycles. The fourth-order valence-corrected chi connectivity index (χ4v) is 3.29. The average Bonchev–Trinajstić information content (AvgIpc) is 2.99. The van der Waals surface area contributed by atoms with Gasteiger partial charge in [-0.3, -0.25) is 0 Å². The quantitative estimate of drug-likeness (QED) is 0.538. The molecule has 0 saturated carbocycles. The fourth-order valence-electron chi connectivity index (χ4n) is 2.80. The van der Waals surface area contributed by atoms with Crippen LogP contribution in [0.25, 0.3) is 16.9 Å². The third kappa shape index (κ3) is 3.80. The SMILES string of the molecule is CCOC(=O)c1nn(-c2ccc(Cl)cc2Cl)c(-c2ccc(OC)cc2)c1C.